The summed E-state index contributed by atoms with van der Waals surface area (Å²) in [6.07, 6.45) is 0. The zero-order valence-corrected chi connectivity index (χ0v) is 13.4. The van der Waals surface area contributed by atoms with Crippen molar-refractivity contribution in [3.8, 4) is 11.1 Å². The van der Waals surface area contributed by atoms with Crippen LogP contribution < -0.4 is 4.90 Å². The molecule has 0 aliphatic rings. The minimum Gasteiger partial charge on any atom is -0.347 e. The third-order valence-corrected chi connectivity index (χ3v) is 4.48. The summed E-state index contributed by atoms with van der Waals surface area (Å²) < 4.78 is 13.1. The van der Waals surface area contributed by atoms with Crippen LogP contribution in [0.1, 0.15) is 4.88 Å². The summed E-state index contributed by atoms with van der Waals surface area (Å²) in [6, 6.07) is 6.39. The molecular weight excluding hydrogens is 309 g/mol. The van der Waals surface area contributed by atoms with Gasteiger partial charge in [0.15, 0.2) is 0 Å². The highest BCUT2D eigenvalue weighted by molar-refractivity contribution is 7.19. The fourth-order valence-electron chi connectivity index (χ4n) is 2.22. The maximum atomic E-state index is 13.1. The standard InChI is InChI=1S/C15H13ClFN3S/c1-8-11(9-4-6-10(17)7-5-9)12-13(16)18-15(20(2)3)19-14(12)21-8/h4-7H,1-3H3. The van der Waals surface area contributed by atoms with Crippen LogP contribution in [0, 0.1) is 12.7 Å². The van der Waals surface area contributed by atoms with E-state index < -0.39 is 0 Å². The monoisotopic (exact) mass is 321 g/mol. The second kappa shape index (κ2) is 5.24. The van der Waals surface area contributed by atoms with Gasteiger partial charge in [0.05, 0.1) is 5.39 Å². The topological polar surface area (TPSA) is 29.0 Å². The lowest BCUT2D eigenvalue weighted by molar-refractivity contribution is 0.628. The van der Waals surface area contributed by atoms with E-state index in [0.717, 1.165) is 26.2 Å². The fraction of sp³-hybridized carbons (Fsp3) is 0.200. The highest BCUT2D eigenvalue weighted by Gasteiger charge is 2.18. The molecule has 2 heterocycles. The summed E-state index contributed by atoms with van der Waals surface area (Å²) in [6.45, 7) is 2.01. The van der Waals surface area contributed by atoms with Crippen molar-refractivity contribution in [1.82, 2.24) is 9.97 Å². The number of hydrogen-bond donors (Lipinski definition) is 0. The quantitative estimate of drug-likeness (QED) is 0.650. The average Bonchev–Trinajstić information content (AvgIpc) is 2.76. The highest BCUT2D eigenvalue weighted by atomic mass is 35.5. The molecule has 3 rings (SSSR count). The van der Waals surface area contributed by atoms with Gasteiger partial charge in [-0.25, -0.2) is 14.4 Å². The molecule has 3 aromatic rings. The molecule has 1 aromatic carbocycles. The normalized spacial score (nSPS) is 11.1. The summed E-state index contributed by atoms with van der Waals surface area (Å²) in [5, 5.41) is 1.25. The lowest BCUT2D eigenvalue weighted by atomic mass is 10.0. The summed E-state index contributed by atoms with van der Waals surface area (Å²) in [5.74, 6) is 0.326. The van der Waals surface area contributed by atoms with Crippen molar-refractivity contribution < 1.29 is 4.39 Å². The van der Waals surface area contributed by atoms with E-state index in [1.54, 1.807) is 23.5 Å². The Hall–Kier alpha value is -1.72. The molecule has 0 radical (unpaired) electrons. The minimum absolute atomic E-state index is 0.256. The van der Waals surface area contributed by atoms with Crippen molar-refractivity contribution in [2.75, 3.05) is 19.0 Å². The van der Waals surface area contributed by atoms with Crippen molar-refractivity contribution in [1.29, 1.82) is 0 Å². The van der Waals surface area contributed by atoms with E-state index in [9.17, 15) is 4.39 Å². The number of thiophene rings is 1. The van der Waals surface area contributed by atoms with Crippen molar-refractivity contribution >= 4 is 39.1 Å². The van der Waals surface area contributed by atoms with Crippen LogP contribution in [0.5, 0.6) is 0 Å². The number of aromatic nitrogens is 2. The number of benzene rings is 1. The molecule has 0 spiro atoms. The Morgan fingerprint density at radius 1 is 1.14 bits per heavy atom. The van der Waals surface area contributed by atoms with Crippen LogP contribution in [0.25, 0.3) is 21.3 Å². The zero-order valence-electron chi connectivity index (χ0n) is 11.8. The first kappa shape index (κ1) is 14.2. The van der Waals surface area contributed by atoms with Crippen LogP contribution in [0.15, 0.2) is 24.3 Å². The molecule has 21 heavy (non-hydrogen) atoms. The molecule has 0 aliphatic heterocycles. The fourth-order valence-corrected chi connectivity index (χ4v) is 3.58. The van der Waals surface area contributed by atoms with Gasteiger partial charge in [0.1, 0.15) is 15.8 Å². The maximum absolute atomic E-state index is 13.1. The lowest BCUT2D eigenvalue weighted by Crippen LogP contribution is -2.12. The molecule has 6 heteroatoms. The van der Waals surface area contributed by atoms with E-state index >= 15 is 0 Å². The van der Waals surface area contributed by atoms with Gasteiger partial charge >= 0.3 is 0 Å². The first-order valence-corrected chi connectivity index (χ1v) is 7.56. The smallest absolute Gasteiger partial charge is 0.227 e. The predicted octanol–water partition coefficient (Wildman–Crippen LogP) is 4.53. The molecule has 108 valence electrons. The largest absolute Gasteiger partial charge is 0.347 e. The van der Waals surface area contributed by atoms with E-state index in [-0.39, 0.29) is 5.82 Å². The molecule has 0 N–H and O–H groups in total. The minimum atomic E-state index is -0.256. The number of fused-ring (bicyclic) bond motifs is 1. The summed E-state index contributed by atoms with van der Waals surface area (Å²) in [4.78, 5) is 12.6. The van der Waals surface area contributed by atoms with Gasteiger partial charge in [-0.1, -0.05) is 23.7 Å². The van der Waals surface area contributed by atoms with E-state index in [0.29, 0.717) is 11.1 Å². The van der Waals surface area contributed by atoms with Crippen molar-refractivity contribution in [2.24, 2.45) is 0 Å². The molecule has 0 atom stereocenters. The van der Waals surface area contributed by atoms with Crippen molar-refractivity contribution in [3.05, 3.63) is 40.1 Å². The third-order valence-electron chi connectivity index (χ3n) is 3.20. The first-order chi connectivity index (χ1) is 9.97. The molecule has 2 aromatic heterocycles. The van der Waals surface area contributed by atoms with Crippen molar-refractivity contribution in [3.63, 3.8) is 0 Å². The summed E-state index contributed by atoms with van der Waals surface area (Å²) in [7, 11) is 3.75. The molecule has 0 saturated heterocycles. The number of hydrogen-bond acceptors (Lipinski definition) is 4. The van der Waals surface area contributed by atoms with Gasteiger partial charge in [-0.3, -0.25) is 0 Å². The van der Waals surface area contributed by atoms with Gasteiger partial charge < -0.3 is 4.90 Å². The van der Waals surface area contributed by atoms with Gasteiger partial charge in [0.25, 0.3) is 0 Å². The molecular formula is C15H13ClFN3S. The summed E-state index contributed by atoms with van der Waals surface area (Å²) >= 11 is 7.93. The number of nitrogens with zero attached hydrogens (tertiary/aromatic N) is 3. The molecule has 0 unspecified atom stereocenters. The van der Waals surface area contributed by atoms with Gasteiger partial charge in [-0.05, 0) is 24.6 Å². The van der Waals surface area contributed by atoms with Crippen LogP contribution in [-0.4, -0.2) is 24.1 Å². The second-order valence-corrected chi connectivity index (χ2v) is 6.49. The molecule has 3 nitrogen and oxygen atoms in total. The Morgan fingerprint density at radius 3 is 2.43 bits per heavy atom. The van der Waals surface area contributed by atoms with Crippen molar-refractivity contribution in [2.45, 2.75) is 6.92 Å². The van der Waals surface area contributed by atoms with Crippen LogP contribution in [0.2, 0.25) is 5.15 Å². The number of anilines is 1. The van der Waals surface area contributed by atoms with Crippen LogP contribution in [0.4, 0.5) is 10.3 Å². The molecule has 0 saturated carbocycles. The Kier molecular flexibility index (Phi) is 3.55. The number of rotatable bonds is 2. The Labute approximate surface area is 131 Å². The van der Waals surface area contributed by atoms with Gasteiger partial charge in [0.2, 0.25) is 5.95 Å². The highest BCUT2D eigenvalue weighted by Crippen LogP contribution is 2.41. The zero-order chi connectivity index (χ0) is 15.1. The Morgan fingerprint density at radius 2 is 1.81 bits per heavy atom. The second-order valence-electron chi connectivity index (χ2n) is 4.93. The third kappa shape index (κ3) is 2.47. The Bertz CT molecular complexity index is 812. The maximum Gasteiger partial charge on any atom is 0.227 e. The van der Waals surface area contributed by atoms with Crippen LogP contribution >= 0.6 is 22.9 Å². The molecule has 0 amide bonds. The average molecular weight is 322 g/mol. The van der Waals surface area contributed by atoms with Crippen LogP contribution in [0.3, 0.4) is 0 Å². The number of aryl methyl sites for hydroxylation is 1. The lowest BCUT2D eigenvalue weighted by Gasteiger charge is -2.10. The Balaban J connectivity index is 2.28. The van der Waals surface area contributed by atoms with E-state index in [2.05, 4.69) is 9.97 Å². The van der Waals surface area contributed by atoms with Gasteiger partial charge in [-0.15, -0.1) is 11.3 Å². The van der Waals surface area contributed by atoms with Gasteiger partial charge in [0, 0.05) is 24.5 Å². The number of halogens is 2. The van der Waals surface area contributed by atoms with E-state index in [1.807, 2.05) is 25.9 Å². The predicted molar refractivity (Wildman–Crippen MR) is 86.9 cm³/mol. The van der Waals surface area contributed by atoms with E-state index in [4.69, 9.17) is 11.6 Å². The molecule has 0 bridgehead atoms. The van der Waals surface area contributed by atoms with Gasteiger partial charge in [-0.2, -0.15) is 0 Å². The molecule has 0 aliphatic carbocycles. The van der Waals surface area contributed by atoms with Crippen LogP contribution in [-0.2, 0) is 0 Å². The van der Waals surface area contributed by atoms with E-state index in [1.165, 1.54) is 12.1 Å². The summed E-state index contributed by atoms with van der Waals surface area (Å²) in [5.41, 5.74) is 1.90. The first-order valence-electron chi connectivity index (χ1n) is 6.37. The SMILES string of the molecule is Cc1sc2nc(N(C)C)nc(Cl)c2c1-c1ccc(F)cc1. The molecule has 0 fully saturated rings.